The first-order chi connectivity index (χ1) is 19.2. The second kappa shape index (κ2) is 11.9. The van der Waals surface area contributed by atoms with Crippen molar-refractivity contribution in [2.75, 3.05) is 62.9 Å². The summed E-state index contributed by atoms with van der Waals surface area (Å²) in [4.78, 5) is 26.4. The Hall–Kier alpha value is -2.87. The quantitative estimate of drug-likeness (QED) is 0.391. The van der Waals surface area contributed by atoms with Crippen LogP contribution < -0.4 is 15.5 Å². The third kappa shape index (κ3) is 5.92. The van der Waals surface area contributed by atoms with E-state index < -0.39 is 11.7 Å². The molecular weight excluding hydrogens is 561 g/mol. The molecule has 0 aliphatic carbocycles. The number of carbonyl (C=O) groups is 1. The summed E-state index contributed by atoms with van der Waals surface area (Å²) in [6.07, 6.45) is -3.14. The van der Waals surface area contributed by atoms with Crippen LogP contribution in [0.3, 0.4) is 0 Å². The third-order valence-electron chi connectivity index (χ3n) is 7.01. The molecule has 2 aliphatic heterocycles. The molecule has 0 bridgehead atoms. The fraction of sp³-hybridized carbons (Fsp3) is 0.444. The van der Waals surface area contributed by atoms with E-state index in [0.717, 1.165) is 54.1 Å². The van der Waals surface area contributed by atoms with E-state index in [1.54, 1.807) is 25.1 Å². The number of hydrogen-bond donors (Lipinski definition) is 2. The number of hydrogen-bond acceptors (Lipinski definition) is 9. The molecule has 2 aliphatic rings. The molecule has 4 heterocycles. The first kappa shape index (κ1) is 28.7. The van der Waals surface area contributed by atoms with E-state index in [-0.39, 0.29) is 28.5 Å². The minimum absolute atomic E-state index is 0.0598. The summed E-state index contributed by atoms with van der Waals surface area (Å²) in [5, 5.41) is 6.54. The Morgan fingerprint density at radius 2 is 2.08 bits per heavy atom. The number of thiophene rings is 1. The Bertz CT molecular complexity index is 1380. The lowest BCUT2D eigenvalue weighted by Gasteiger charge is -2.38. The molecule has 1 fully saturated rings. The van der Waals surface area contributed by atoms with Crippen LogP contribution in [0.1, 0.15) is 27.7 Å². The number of aromatic nitrogens is 2. The van der Waals surface area contributed by atoms with Gasteiger partial charge in [-0.25, -0.2) is 9.97 Å². The largest absolute Gasteiger partial charge is 0.420 e. The zero-order valence-electron chi connectivity index (χ0n) is 22.5. The van der Waals surface area contributed by atoms with Gasteiger partial charge >= 0.3 is 6.18 Å². The molecule has 8 nitrogen and oxygen atoms in total. The number of halogens is 3. The van der Waals surface area contributed by atoms with Gasteiger partial charge in [-0.2, -0.15) is 13.2 Å². The number of nitrogens with zero attached hydrogens (tertiary/aromatic N) is 4. The van der Waals surface area contributed by atoms with Crippen molar-refractivity contribution < 1.29 is 22.7 Å². The normalized spacial score (nSPS) is 18.1. The van der Waals surface area contributed by atoms with Crippen molar-refractivity contribution in [3.8, 4) is 10.6 Å². The highest BCUT2D eigenvalue weighted by Crippen LogP contribution is 2.43. The maximum atomic E-state index is 14.0. The number of ether oxygens (including phenoxy) is 1. The Balaban J connectivity index is 1.48. The monoisotopic (exact) mass is 592 g/mol. The number of alkyl halides is 3. The van der Waals surface area contributed by atoms with Crippen molar-refractivity contribution in [2.45, 2.75) is 30.5 Å². The summed E-state index contributed by atoms with van der Waals surface area (Å²) in [7, 11) is 3.39. The summed E-state index contributed by atoms with van der Waals surface area (Å²) in [6, 6.07) is 7.85. The van der Waals surface area contributed by atoms with Crippen molar-refractivity contribution in [3.05, 3.63) is 46.5 Å². The summed E-state index contributed by atoms with van der Waals surface area (Å²) in [5.41, 5.74) is 1.60. The molecule has 3 aromatic rings. The van der Waals surface area contributed by atoms with Gasteiger partial charge in [0.15, 0.2) is 0 Å². The van der Waals surface area contributed by atoms with Gasteiger partial charge in [0, 0.05) is 68.6 Å². The summed E-state index contributed by atoms with van der Waals surface area (Å²) in [5.74, 6) is 0.538. The lowest BCUT2D eigenvalue weighted by molar-refractivity contribution is -0.137. The minimum atomic E-state index is -4.65. The SMILES string of the molecule is CCc1cc(N2CCNCC2COC)ccc1Nc1ncc(C(F)(F)F)c(-c2cc3c(s2)C(=O)N(C)CCS3)n1. The molecule has 1 aromatic carbocycles. The number of fused-ring (bicyclic) bond motifs is 1. The molecule has 1 amide bonds. The van der Waals surface area contributed by atoms with Crippen LogP contribution in [0.25, 0.3) is 10.6 Å². The Labute approximate surface area is 239 Å². The second-order valence-electron chi connectivity index (χ2n) is 9.66. The standard InChI is InChI=1S/C27H31F3N6O2S2/c1-4-16-11-17(36-8-7-31-13-18(36)15-38-3)5-6-20(16)33-26-32-14-19(27(28,29)30)23(34-26)21-12-22-24(40-21)25(37)35(2)9-10-39-22/h5-6,11-12,14,18,31H,4,7-10,13,15H2,1-3H3,(H,32,33,34). The summed E-state index contributed by atoms with van der Waals surface area (Å²) < 4.78 is 47.4. The van der Waals surface area contributed by atoms with Gasteiger partial charge in [0.25, 0.3) is 5.91 Å². The number of aryl methyl sites for hydroxylation is 1. The van der Waals surface area contributed by atoms with E-state index >= 15 is 0 Å². The third-order valence-corrected chi connectivity index (χ3v) is 9.29. The number of methoxy groups -OCH3 is 1. The highest BCUT2D eigenvalue weighted by atomic mass is 32.2. The Kier molecular flexibility index (Phi) is 8.55. The van der Waals surface area contributed by atoms with Gasteiger partial charge in [0.05, 0.1) is 23.2 Å². The van der Waals surface area contributed by atoms with E-state index in [1.165, 1.54) is 11.8 Å². The van der Waals surface area contributed by atoms with E-state index in [2.05, 4.69) is 31.6 Å². The smallest absolute Gasteiger partial charge is 0.383 e. The van der Waals surface area contributed by atoms with Crippen molar-refractivity contribution >= 4 is 46.3 Å². The fourth-order valence-electron chi connectivity index (χ4n) is 4.89. The Morgan fingerprint density at radius 1 is 1.25 bits per heavy atom. The average Bonchev–Trinajstić information content (AvgIpc) is 3.31. The number of rotatable bonds is 7. The van der Waals surface area contributed by atoms with E-state index in [1.807, 2.05) is 19.1 Å². The van der Waals surface area contributed by atoms with Gasteiger partial charge in [-0.3, -0.25) is 4.79 Å². The molecule has 13 heteroatoms. The molecule has 2 aromatic heterocycles. The number of thioether (sulfide) groups is 1. The molecule has 0 radical (unpaired) electrons. The van der Waals surface area contributed by atoms with Crippen LogP contribution in [0.5, 0.6) is 0 Å². The van der Waals surface area contributed by atoms with Gasteiger partial charge in [-0.05, 0) is 36.2 Å². The highest BCUT2D eigenvalue weighted by Gasteiger charge is 2.37. The summed E-state index contributed by atoms with van der Waals surface area (Å²) >= 11 is 2.50. The summed E-state index contributed by atoms with van der Waals surface area (Å²) in [6.45, 7) is 5.74. The Morgan fingerprint density at radius 3 is 2.83 bits per heavy atom. The van der Waals surface area contributed by atoms with Crippen LogP contribution in [-0.4, -0.2) is 79.5 Å². The minimum Gasteiger partial charge on any atom is -0.383 e. The maximum absolute atomic E-state index is 14.0. The first-order valence-corrected chi connectivity index (χ1v) is 14.8. The highest BCUT2D eigenvalue weighted by molar-refractivity contribution is 7.99. The lowest BCUT2D eigenvalue weighted by atomic mass is 10.1. The van der Waals surface area contributed by atoms with Crippen molar-refractivity contribution in [1.82, 2.24) is 20.2 Å². The molecule has 1 atom stereocenters. The zero-order valence-corrected chi connectivity index (χ0v) is 24.1. The van der Waals surface area contributed by atoms with Gasteiger partial charge < -0.3 is 25.2 Å². The van der Waals surface area contributed by atoms with Crippen molar-refractivity contribution in [3.63, 3.8) is 0 Å². The number of amides is 1. The molecule has 2 N–H and O–H groups in total. The molecule has 40 heavy (non-hydrogen) atoms. The average molecular weight is 593 g/mol. The molecule has 0 saturated carbocycles. The van der Waals surface area contributed by atoms with Gasteiger partial charge in [0.1, 0.15) is 10.4 Å². The number of nitrogens with one attached hydrogen (secondary N) is 2. The molecule has 1 unspecified atom stereocenters. The molecule has 0 spiro atoms. The number of piperazine rings is 1. The topological polar surface area (TPSA) is 82.6 Å². The lowest BCUT2D eigenvalue weighted by Crippen LogP contribution is -2.53. The number of carbonyl (C=O) groups excluding carboxylic acids is 1. The van der Waals surface area contributed by atoms with Crippen LogP contribution >= 0.6 is 23.1 Å². The number of benzene rings is 1. The predicted molar refractivity (Wildman–Crippen MR) is 153 cm³/mol. The van der Waals surface area contributed by atoms with Gasteiger partial charge in [-0.1, -0.05) is 6.92 Å². The van der Waals surface area contributed by atoms with Crippen LogP contribution in [0.2, 0.25) is 0 Å². The number of anilines is 3. The van der Waals surface area contributed by atoms with E-state index in [0.29, 0.717) is 35.1 Å². The predicted octanol–water partition coefficient (Wildman–Crippen LogP) is 5.13. The molecule has 1 saturated heterocycles. The second-order valence-corrected chi connectivity index (χ2v) is 11.8. The van der Waals surface area contributed by atoms with Crippen LogP contribution in [0, 0.1) is 0 Å². The van der Waals surface area contributed by atoms with Gasteiger partial charge in [-0.15, -0.1) is 23.1 Å². The fourth-order valence-corrected chi connectivity index (χ4v) is 7.32. The van der Waals surface area contributed by atoms with Crippen LogP contribution in [-0.2, 0) is 17.3 Å². The van der Waals surface area contributed by atoms with E-state index in [9.17, 15) is 18.0 Å². The van der Waals surface area contributed by atoms with Crippen LogP contribution in [0.15, 0.2) is 35.4 Å². The van der Waals surface area contributed by atoms with Crippen molar-refractivity contribution in [2.24, 2.45) is 0 Å². The molecular formula is C27H31F3N6O2S2. The van der Waals surface area contributed by atoms with E-state index in [4.69, 9.17) is 4.74 Å². The zero-order chi connectivity index (χ0) is 28.4. The molecule has 5 rings (SSSR count). The van der Waals surface area contributed by atoms with Gasteiger partial charge in [0.2, 0.25) is 5.95 Å². The van der Waals surface area contributed by atoms with Crippen LogP contribution in [0.4, 0.5) is 30.5 Å². The first-order valence-electron chi connectivity index (χ1n) is 13.0. The maximum Gasteiger partial charge on any atom is 0.420 e. The van der Waals surface area contributed by atoms with Crippen molar-refractivity contribution in [1.29, 1.82) is 0 Å². The molecule has 214 valence electrons.